The van der Waals surface area contributed by atoms with Crippen molar-refractivity contribution in [1.29, 1.82) is 0 Å². The van der Waals surface area contributed by atoms with Crippen LogP contribution in [0.2, 0.25) is 0 Å². The van der Waals surface area contributed by atoms with Crippen molar-refractivity contribution in [3.8, 4) is 0 Å². The molecule has 2 N–H and O–H groups in total. The zero-order chi connectivity index (χ0) is 17.0. The average Bonchev–Trinajstić information content (AvgIpc) is 2.96. The number of nitrogens with zero attached hydrogens (tertiary/aromatic N) is 1. The highest BCUT2D eigenvalue weighted by molar-refractivity contribution is 5.85. The smallest absolute Gasteiger partial charge is 0.410 e. The number of aliphatic carboxylic acids is 1. The van der Waals surface area contributed by atoms with Crippen LogP contribution in [0.3, 0.4) is 0 Å². The first-order chi connectivity index (χ1) is 10.8. The molecule has 1 aliphatic carbocycles. The van der Waals surface area contributed by atoms with Crippen molar-refractivity contribution < 1.29 is 19.4 Å². The Bertz CT molecular complexity index is 433. The molecule has 140 valence electrons. The summed E-state index contributed by atoms with van der Waals surface area (Å²) in [6.45, 7) is 7.09. The van der Waals surface area contributed by atoms with Gasteiger partial charge in [0, 0.05) is 19.1 Å². The van der Waals surface area contributed by atoms with Gasteiger partial charge in [0.25, 0.3) is 0 Å². The Hall–Kier alpha value is -1.01. The highest BCUT2D eigenvalue weighted by Crippen LogP contribution is 2.25. The Morgan fingerprint density at radius 2 is 1.83 bits per heavy atom. The quantitative estimate of drug-likeness (QED) is 0.803. The highest BCUT2D eigenvalue weighted by atomic mass is 35.5. The van der Waals surface area contributed by atoms with E-state index in [1.165, 1.54) is 30.6 Å². The van der Waals surface area contributed by atoms with E-state index < -0.39 is 23.6 Å². The van der Waals surface area contributed by atoms with E-state index >= 15 is 0 Å². The van der Waals surface area contributed by atoms with Gasteiger partial charge in [0.2, 0.25) is 0 Å². The van der Waals surface area contributed by atoms with Gasteiger partial charge in [0.05, 0.1) is 5.92 Å². The van der Waals surface area contributed by atoms with E-state index in [2.05, 4.69) is 5.32 Å². The number of carboxylic acids is 1. The summed E-state index contributed by atoms with van der Waals surface area (Å²) >= 11 is 0. The topological polar surface area (TPSA) is 78.9 Å². The predicted molar refractivity (Wildman–Crippen MR) is 94.5 cm³/mol. The van der Waals surface area contributed by atoms with Crippen LogP contribution < -0.4 is 5.32 Å². The zero-order valence-electron chi connectivity index (χ0n) is 14.9. The molecule has 0 bridgehead atoms. The molecule has 6 nitrogen and oxygen atoms in total. The van der Waals surface area contributed by atoms with Gasteiger partial charge in [-0.15, -0.1) is 12.4 Å². The molecule has 0 aromatic heterocycles. The second-order valence-corrected chi connectivity index (χ2v) is 7.82. The summed E-state index contributed by atoms with van der Waals surface area (Å²) in [4.78, 5) is 25.3. The fourth-order valence-corrected chi connectivity index (χ4v) is 3.47. The fourth-order valence-electron chi connectivity index (χ4n) is 3.47. The number of likely N-dealkylation sites (tertiary alicyclic amines) is 1. The average molecular weight is 363 g/mol. The van der Waals surface area contributed by atoms with Gasteiger partial charge in [-0.3, -0.25) is 4.79 Å². The number of piperidine rings is 1. The lowest BCUT2D eigenvalue weighted by molar-refractivity contribution is -0.144. The number of rotatable bonds is 4. The Morgan fingerprint density at radius 3 is 2.38 bits per heavy atom. The number of amides is 1. The third-order valence-electron chi connectivity index (χ3n) is 4.73. The molecule has 2 aliphatic rings. The summed E-state index contributed by atoms with van der Waals surface area (Å²) in [5, 5.41) is 13.0. The molecule has 7 heteroatoms. The van der Waals surface area contributed by atoms with Gasteiger partial charge in [-0.2, -0.15) is 0 Å². The van der Waals surface area contributed by atoms with Gasteiger partial charge < -0.3 is 20.1 Å². The van der Waals surface area contributed by atoms with Crippen LogP contribution in [0, 0.1) is 11.8 Å². The molecule has 1 heterocycles. The monoisotopic (exact) mass is 362 g/mol. The first kappa shape index (κ1) is 21.0. The molecule has 0 aromatic rings. The molecular weight excluding hydrogens is 332 g/mol. The second kappa shape index (κ2) is 8.90. The molecule has 1 amide bonds. The lowest BCUT2D eigenvalue weighted by Crippen LogP contribution is -2.54. The summed E-state index contributed by atoms with van der Waals surface area (Å²) in [7, 11) is 0. The third kappa shape index (κ3) is 6.13. The molecule has 1 saturated heterocycles. The predicted octanol–water partition coefficient (Wildman–Crippen LogP) is 2.90. The summed E-state index contributed by atoms with van der Waals surface area (Å²) in [5.74, 6) is -0.742. The van der Waals surface area contributed by atoms with Crippen LogP contribution in [-0.2, 0) is 9.53 Å². The number of carbonyl (C=O) groups excluding carboxylic acids is 1. The van der Waals surface area contributed by atoms with E-state index in [1.807, 2.05) is 20.8 Å². The second-order valence-electron chi connectivity index (χ2n) is 7.82. The molecule has 1 saturated carbocycles. The van der Waals surface area contributed by atoms with Crippen LogP contribution in [-0.4, -0.2) is 53.3 Å². The molecule has 0 spiro atoms. The Kier molecular flexibility index (Phi) is 7.80. The maximum Gasteiger partial charge on any atom is 0.410 e. The van der Waals surface area contributed by atoms with Gasteiger partial charge >= 0.3 is 12.1 Å². The third-order valence-corrected chi connectivity index (χ3v) is 4.73. The molecule has 0 radical (unpaired) electrons. The maximum absolute atomic E-state index is 12.1. The SMILES string of the molecule is CC(C)(C)OC(=O)N1CCC(NCC2CCCC2)C(C(=O)O)C1.Cl. The van der Waals surface area contributed by atoms with Crippen molar-refractivity contribution in [2.75, 3.05) is 19.6 Å². The summed E-state index contributed by atoms with van der Waals surface area (Å²) in [6, 6.07) is -0.0632. The number of ether oxygens (including phenoxy) is 1. The minimum atomic E-state index is -0.845. The summed E-state index contributed by atoms with van der Waals surface area (Å²) < 4.78 is 5.36. The molecule has 24 heavy (non-hydrogen) atoms. The number of carboxylic acid groups (broad SMARTS) is 1. The number of hydrogen-bond acceptors (Lipinski definition) is 4. The van der Waals surface area contributed by atoms with Gasteiger partial charge in [-0.05, 0) is 52.5 Å². The first-order valence-electron chi connectivity index (χ1n) is 8.70. The minimum absolute atomic E-state index is 0. The van der Waals surface area contributed by atoms with E-state index in [4.69, 9.17) is 4.74 Å². The van der Waals surface area contributed by atoms with Crippen molar-refractivity contribution in [2.45, 2.75) is 64.5 Å². The molecule has 2 unspecified atom stereocenters. The van der Waals surface area contributed by atoms with E-state index in [0.717, 1.165) is 6.54 Å². The molecule has 1 aliphatic heterocycles. The van der Waals surface area contributed by atoms with E-state index in [1.54, 1.807) is 0 Å². The van der Waals surface area contributed by atoms with Gasteiger partial charge in [0.15, 0.2) is 0 Å². The van der Waals surface area contributed by atoms with Crippen LogP contribution in [0.15, 0.2) is 0 Å². The maximum atomic E-state index is 12.1. The lowest BCUT2D eigenvalue weighted by atomic mass is 9.91. The van der Waals surface area contributed by atoms with Crippen LogP contribution in [0.4, 0.5) is 4.79 Å². The standard InChI is InChI=1S/C17H30N2O4.ClH/c1-17(2,3)23-16(22)19-9-8-14(13(11-19)15(20)21)18-10-12-6-4-5-7-12;/h12-14,18H,4-11H2,1-3H3,(H,20,21);1H. The zero-order valence-corrected chi connectivity index (χ0v) is 15.7. The normalized spacial score (nSPS) is 25.2. The summed E-state index contributed by atoms with van der Waals surface area (Å²) in [5.41, 5.74) is -0.562. The van der Waals surface area contributed by atoms with Gasteiger partial charge in [-0.1, -0.05) is 12.8 Å². The van der Waals surface area contributed by atoms with Crippen molar-refractivity contribution in [1.82, 2.24) is 10.2 Å². The van der Waals surface area contributed by atoms with Crippen LogP contribution in [0.25, 0.3) is 0 Å². The molecule has 2 atom stereocenters. The van der Waals surface area contributed by atoms with E-state index in [-0.39, 0.29) is 25.0 Å². The van der Waals surface area contributed by atoms with Crippen LogP contribution in [0.5, 0.6) is 0 Å². The van der Waals surface area contributed by atoms with Gasteiger partial charge in [0.1, 0.15) is 5.60 Å². The first-order valence-corrected chi connectivity index (χ1v) is 8.70. The van der Waals surface area contributed by atoms with E-state index in [9.17, 15) is 14.7 Å². The molecule has 0 aromatic carbocycles. The number of nitrogens with one attached hydrogen (secondary N) is 1. The number of carbonyl (C=O) groups is 2. The largest absolute Gasteiger partial charge is 0.481 e. The minimum Gasteiger partial charge on any atom is -0.481 e. The summed E-state index contributed by atoms with van der Waals surface area (Å²) in [6.07, 6.45) is 5.28. The van der Waals surface area contributed by atoms with Crippen molar-refractivity contribution >= 4 is 24.5 Å². The highest BCUT2D eigenvalue weighted by Gasteiger charge is 2.37. The lowest BCUT2D eigenvalue weighted by Gasteiger charge is -2.38. The molecule has 2 fully saturated rings. The number of hydrogen-bond donors (Lipinski definition) is 2. The number of halogens is 1. The van der Waals surface area contributed by atoms with Crippen molar-refractivity contribution in [3.05, 3.63) is 0 Å². The Labute approximate surface area is 150 Å². The molecular formula is C17H31ClN2O4. The van der Waals surface area contributed by atoms with Crippen molar-refractivity contribution in [3.63, 3.8) is 0 Å². The van der Waals surface area contributed by atoms with Crippen LogP contribution >= 0.6 is 12.4 Å². The van der Waals surface area contributed by atoms with Crippen LogP contribution in [0.1, 0.15) is 52.9 Å². The Morgan fingerprint density at radius 1 is 1.21 bits per heavy atom. The van der Waals surface area contributed by atoms with Crippen molar-refractivity contribution in [2.24, 2.45) is 11.8 Å². The van der Waals surface area contributed by atoms with Gasteiger partial charge in [-0.25, -0.2) is 4.79 Å². The Balaban J connectivity index is 0.00000288. The fraction of sp³-hybridized carbons (Fsp3) is 0.882. The van der Waals surface area contributed by atoms with E-state index in [0.29, 0.717) is 18.9 Å². The molecule has 2 rings (SSSR count).